The second-order valence-corrected chi connectivity index (χ2v) is 7.90. The Labute approximate surface area is 153 Å². The van der Waals surface area contributed by atoms with E-state index in [9.17, 15) is 0 Å². The first-order valence-corrected chi connectivity index (χ1v) is 9.54. The lowest BCUT2D eigenvalue weighted by atomic mass is 9.92. The number of para-hydroxylation sites is 2. The van der Waals surface area contributed by atoms with Crippen molar-refractivity contribution in [2.45, 2.75) is 39.5 Å². The van der Waals surface area contributed by atoms with Crippen molar-refractivity contribution in [2.24, 2.45) is 0 Å². The Hall–Kier alpha value is -1.61. The average Bonchev–Trinajstić information content (AvgIpc) is 3.03. The molecule has 0 spiro atoms. The molecule has 3 rings (SSSR count). The largest absolute Gasteiger partial charge is 0.244 e. The molecule has 1 heterocycles. The minimum atomic E-state index is 0.518. The topological polar surface area (TPSA) is 6.25 Å². The van der Waals surface area contributed by atoms with Gasteiger partial charge in [-0.15, -0.1) is 0 Å². The van der Waals surface area contributed by atoms with Crippen LogP contribution < -0.4 is 4.90 Å². The third-order valence-electron chi connectivity index (χ3n) is 4.65. The summed E-state index contributed by atoms with van der Waals surface area (Å²) in [5, 5.41) is 0. The van der Waals surface area contributed by atoms with Crippen molar-refractivity contribution < 1.29 is 4.58 Å². The van der Waals surface area contributed by atoms with Gasteiger partial charge in [-0.2, -0.15) is 0 Å². The lowest BCUT2D eigenvalue weighted by Crippen LogP contribution is -2.18. The Balaban J connectivity index is 2.07. The molecule has 1 aliphatic rings. The van der Waals surface area contributed by atoms with Gasteiger partial charge in [-0.25, -0.2) is 9.48 Å². The van der Waals surface area contributed by atoms with Crippen molar-refractivity contribution in [3.63, 3.8) is 0 Å². The van der Waals surface area contributed by atoms with Crippen LogP contribution in [0.3, 0.4) is 0 Å². The fraction of sp³-hybridized carbons (Fsp3) is 0.381. The van der Waals surface area contributed by atoms with Crippen molar-refractivity contribution in [3.05, 3.63) is 58.1 Å². The fourth-order valence-corrected chi connectivity index (χ4v) is 3.89. The van der Waals surface area contributed by atoms with E-state index in [1.807, 2.05) is 0 Å². The number of hydrogen-bond donors (Lipinski definition) is 0. The Morgan fingerprint density at radius 2 is 1.54 bits per heavy atom. The van der Waals surface area contributed by atoms with Crippen molar-refractivity contribution >= 4 is 33.6 Å². The minimum Gasteiger partial charge on any atom is -0.229 e. The molecule has 0 atom stereocenters. The summed E-state index contributed by atoms with van der Waals surface area (Å²) in [5.74, 6) is 1.04. The van der Waals surface area contributed by atoms with E-state index in [2.05, 4.69) is 102 Å². The number of benzene rings is 2. The summed E-state index contributed by atoms with van der Waals surface area (Å²) in [6, 6.07) is 15.2. The van der Waals surface area contributed by atoms with Crippen LogP contribution in [0, 0.1) is 0 Å². The average molecular weight is 386 g/mol. The standard InChI is InChI=1S/C21H26BrN2/c1-15(2)17-8-7-9-18(16(3)4)21(17)24-13-12-23(14-24)20-11-6-5-10-19(20)22/h5-11,14-16H,12-13H2,1-4H3/q+1. The predicted molar refractivity (Wildman–Crippen MR) is 107 cm³/mol. The summed E-state index contributed by atoms with van der Waals surface area (Å²) in [4.78, 5) is 2.34. The summed E-state index contributed by atoms with van der Waals surface area (Å²) in [7, 11) is 0. The van der Waals surface area contributed by atoms with Gasteiger partial charge >= 0.3 is 0 Å². The van der Waals surface area contributed by atoms with Crippen LogP contribution in [0.1, 0.15) is 50.7 Å². The number of rotatable bonds is 4. The van der Waals surface area contributed by atoms with E-state index in [1.54, 1.807) is 0 Å². The molecule has 126 valence electrons. The van der Waals surface area contributed by atoms with Crippen LogP contribution in [0.4, 0.5) is 11.4 Å². The molecule has 2 nitrogen and oxygen atoms in total. The molecule has 0 amide bonds. The molecule has 0 radical (unpaired) electrons. The van der Waals surface area contributed by atoms with Crippen LogP contribution in [0.15, 0.2) is 46.9 Å². The van der Waals surface area contributed by atoms with Crippen LogP contribution in [0.5, 0.6) is 0 Å². The van der Waals surface area contributed by atoms with Crippen molar-refractivity contribution in [2.75, 3.05) is 18.0 Å². The number of anilines is 1. The summed E-state index contributed by atoms with van der Waals surface area (Å²) < 4.78 is 3.58. The monoisotopic (exact) mass is 385 g/mol. The first-order valence-electron chi connectivity index (χ1n) is 8.74. The van der Waals surface area contributed by atoms with Crippen LogP contribution in [0.25, 0.3) is 0 Å². The second kappa shape index (κ2) is 7.10. The van der Waals surface area contributed by atoms with Gasteiger partial charge in [0, 0.05) is 11.1 Å². The quantitative estimate of drug-likeness (QED) is 0.594. The molecule has 0 aliphatic carbocycles. The smallest absolute Gasteiger partial charge is 0.229 e. The number of halogens is 1. The number of nitrogens with zero attached hydrogens (tertiary/aromatic N) is 2. The third kappa shape index (κ3) is 3.27. The molecule has 2 aromatic rings. The highest BCUT2D eigenvalue weighted by Gasteiger charge is 2.28. The molecule has 0 aromatic heterocycles. The van der Waals surface area contributed by atoms with Crippen molar-refractivity contribution in [1.82, 2.24) is 0 Å². The zero-order valence-corrected chi connectivity index (χ0v) is 16.5. The predicted octanol–water partition coefficient (Wildman–Crippen LogP) is 5.89. The summed E-state index contributed by atoms with van der Waals surface area (Å²) in [6.07, 6.45) is 2.27. The van der Waals surface area contributed by atoms with E-state index in [4.69, 9.17) is 0 Å². The van der Waals surface area contributed by atoms with Gasteiger partial charge in [-0.05, 0) is 39.9 Å². The van der Waals surface area contributed by atoms with Gasteiger partial charge in [0.1, 0.15) is 24.5 Å². The lowest BCUT2D eigenvalue weighted by Gasteiger charge is -2.17. The highest BCUT2D eigenvalue weighted by molar-refractivity contribution is 9.10. The van der Waals surface area contributed by atoms with Gasteiger partial charge in [0.2, 0.25) is 6.34 Å². The van der Waals surface area contributed by atoms with E-state index >= 15 is 0 Å². The maximum atomic E-state index is 3.68. The molecule has 3 heteroatoms. The molecule has 24 heavy (non-hydrogen) atoms. The second-order valence-electron chi connectivity index (χ2n) is 7.05. The van der Waals surface area contributed by atoms with Crippen LogP contribution in [0.2, 0.25) is 0 Å². The fourth-order valence-electron chi connectivity index (χ4n) is 3.38. The Morgan fingerprint density at radius 3 is 2.12 bits per heavy atom. The third-order valence-corrected chi connectivity index (χ3v) is 5.32. The molecule has 1 aliphatic heterocycles. The van der Waals surface area contributed by atoms with Crippen molar-refractivity contribution in [1.29, 1.82) is 0 Å². The molecule has 0 saturated heterocycles. The highest BCUT2D eigenvalue weighted by Crippen LogP contribution is 2.35. The van der Waals surface area contributed by atoms with Gasteiger partial charge in [-0.3, -0.25) is 0 Å². The number of hydrogen-bond acceptors (Lipinski definition) is 1. The van der Waals surface area contributed by atoms with Crippen LogP contribution in [-0.2, 0) is 0 Å². The Bertz CT molecular complexity index is 736. The summed E-state index contributed by atoms with van der Waals surface area (Å²) in [5.41, 5.74) is 5.50. The minimum absolute atomic E-state index is 0.518. The van der Waals surface area contributed by atoms with E-state index in [1.165, 1.54) is 22.5 Å². The first kappa shape index (κ1) is 17.2. The van der Waals surface area contributed by atoms with Gasteiger partial charge in [-0.1, -0.05) is 58.0 Å². The Kier molecular flexibility index (Phi) is 5.09. The van der Waals surface area contributed by atoms with E-state index in [-0.39, 0.29) is 0 Å². The van der Waals surface area contributed by atoms with Crippen LogP contribution in [-0.4, -0.2) is 24.0 Å². The van der Waals surface area contributed by atoms with Gasteiger partial charge < -0.3 is 0 Å². The van der Waals surface area contributed by atoms with E-state index in [0.717, 1.165) is 17.6 Å². The molecular weight excluding hydrogens is 360 g/mol. The first-order chi connectivity index (χ1) is 11.5. The SMILES string of the molecule is CC(C)c1cccc(C(C)C)c1[N+]1=CN(c2ccccc2Br)CC1. The maximum absolute atomic E-state index is 3.68. The molecule has 0 N–H and O–H groups in total. The van der Waals surface area contributed by atoms with E-state index < -0.39 is 0 Å². The highest BCUT2D eigenvalue weighted by atomic mass is 79.9. The molecule has 0 saturated carbocycles. The van der Waals surface area contributed by atoms with Crippen LogP contribution >= 0.6 is 15.9 Å². The molecular formula is C21H26BrN2+. The molecule has 0 unspecified atom stereocenters. The lowest BCUT2D eigenvalue weighted by molar-refractivity contribution is -0.425. The zero-order chi connectivity index (χ0) is 17.3. The van der Waals surface area contributed by atoms with Crippen molar-refractivity contribution in [3.8, 4) is 0 Å². The summed E-state index contributed by atoms with van der Waals surface area (Å²) >= 11 is 3.68. The molecule has 2 aromatic carbocycles. The summed E-state index contributed by atoms with van der Waals surface area (Å²) in [6.45, 7) is 11.2. The Morgan fingerprint density at radius 1 is 0.917 bits per heavy atom. The van der Waals surface area contributed by atoms with E-state index in [0.29, 0.717) is 11.8 Å². The maximum Gasteiger partial charge on any atom is 0.244 e. The van der Waals surface area contributed by atoms with Gasteiger partial charge in [0.05, 0.1) is 4.47 Å². The molecule has 0 bridgehead atoms. The van der Waals surface area contributed by atoms with Gasteiger partial charge in [0.25, 0.3) is 0 Å². The molecule has 0 fully saturated rings. The normalized spacial score (nSPS) is 14.6. The van der Waals surface area contributed by atoms with Gasteiger partial charge in [0.15, 0.2) is 0 Å². The zero-order valence-electron chi connectivity index (χ0n) is 15.0.